The van der Waals surface area contributed by atoms with Crippen LogP contribution in [0.15, 0.2) is 186 Å². The van der Waals surface area contributed by atoms with Crippen LogP contribution >= 0.6 is 0 Å². The summed E-state index contributed by atoms with van der Waals surface area (Å²) >= 11 is 0. The molecule has 0 spiro atoms. The van der Waals surface area contributed by atoms with Crippen molar-refractivity contribution < 1.29 is 45.5 Å². The van der Waals surface area contributed by atoms with Crippen LogP contribution in [0.3, 0.4) is 0 Å². The molecule has 0 fully saturated rings. The molecule has 0 bridgehead atoms. The van der Waals surface area contributed by atoms with Gasteiger partial charge in [0.05, 0.1) is 41.1 Å². The molecule has 0 aliphatic heterocycles. The first-order valence-electron chi connectivity index (χ1n) is 29.9. The summed E-state index contributed by atoms with van der Waals surface area (Å²) in [6, 6.07) is -27.9. The van der Waals surface area contributed by atoms with Crippen LogP contribution in [0.1, 0.15) is 52.2 Å². The van der Waals surface area contributed by atoms with E-state index in [4.69, 9.17) is 31.8 Å². The van der Waals surface area contributed by atoms with Crippen LogP contribution in [-0.4, -0.2) is 0 Å². The first-order chi connectivity index (χ1) is 37.3. The van der Waals surface area contributed by atoms with E-state index in [-0.39, 0.29) is 21.7 Å². The minimum atomic E-state index is -1.08. The number of fused-ring (bicyclic) bond motifs is 7. The lowest BCUT2D eigenvalue weighted by molar-refractivity contribution is 0.672. The van der Waals surface area contributed by atoms with Crippen molar-refractivity contribution >= 4 is 54.3 Å². The summed E-state index contributed by atoms with van der Waals surface area (Å²) in [5, 5.41) is -4.65. The average Bonchev–Trinajstić information content (AvgIpc) is 3.90. The largest absolute Gasteiger partial charge is 0.455 e. The van der Waals surface area contributed by atoms with Crippen molar-refractivity contribution in [3.8, 4) is 33.4 Å². The Hall–Kier alpha value is -6.44. The van der Waals surface area contributed by atoms with Crippen LogP contribution in [0.25, 0.3) is 87.6 Å². The Morgan fingerprint density at radius 1 is 0.400 bits per heavy atom. The molecule has 0 N–H and O–H groups in total. The number of furan rings is 1. The highest BCUT2D eigenvalue weighted by Crippen LogP contribution is 2.46. The molecule has 0 amide bonds. The Morgan fingerprint density at radius 2 is 1.00 bits per heavy atom. The topological polar surface area (TPSA) is 13.1 Å². The van der Waals surface area contributed by atoms with Gasteiger partial charge in [-0.2, -0.15) is 0 Å². The van der Waals surface area contributed by atoms with Crippen LogP contribution in [0.4, 0.5) is 0 Å². The normalized spacial score (nSPS) is 20.1. The van der Waals surface area contributed by atoms with Gasteiger partial charge in [-0.1, -0.05) is 169 Å². The SMILES string of the molecule is [2H]c1c([2H])c([2H])c(-c2c([2H])c([2H])c([2H])c([2H])c2-c2c3c([2H])c([2H])c([2H])c([2H])c3c(-c3c([2H])c([2H])c(Cc4c([2H])c([2H])c([2H])c5oc6c7c([2H])c([2H])c([2H])c([2H])c7c([2H])c([2H])c6c45)c([2H])c3[2H])c3c([2H])c([2H])c([2H])c([2H])c23)c([2H])c1[2H]. The molecular formula is C49H32O. The Balaban J connectivity index is 1.38. The Morgan fingerprint density at radius 3 is 1.72 bits per heavy atom. The maximum atomic E-state index is 9.65. The van der Waals surface area contributed by atoms with Crippen molar-refractivity contribution in [2.75, 3.05) is 0 Å². The minimum Gasteiger partial charge on any atom is -0.455 e. The van der Waals surface area contributed by atoms with Crippen LogP contribution in [0.5, 0.6) is 0 Å². The smallest absolute Gasteiger partial charge is 0.143 e. The third-order valence-corrected chi connectivity index (χ3v) is 8.17. The molecule has 0 aliphatic rings. The molecule has 10 rings (SSSR count). The molecule has 1 heteroatoms. The zero-order chi connectivity index (χ0) is 59.1. The summed E-state index contributed by atoms with van der Waals surface area (Å²) < 4.78 is 275. The van der Waals surface area contributed by atoms with E-state index in [1.54, 1.807) is 0 Å². The van der Waals surface area contributed by atoms with E-state index in [0.29, 0.717) is 0 Å². The third-order valence-electron chi connectivity index (χ3n) is 8.17. The first kappa shape index (κ1) is 11.6. The van der Waals surface area contributed by atoms with Gasteiger partial charge < -0.3 is 4.42 Å². The lowest BCUT2D eigenvalue weighted by Crippen LogP contribution is -1.93. The zero-order valence-corrected chi connectivity index (χ0v) is 25.1. The van der Waals surface area contributed by atoms with Crippen molar-refractivity contribution in [1.82, 2.24) is 0 Å². The molecule has 234 valence electrons. The molecule has 10 aromatic rings. The molecule has 50 heavy (non-hydrogen) atoms. The van der Waals surface area contributed by atoms with Crippen LogP contribution in [-0.2, 0) is 6.42 Å². The van der Waals surface area contributed by atoms with Crippen molar-refractivity contribution in [1.29, 1.82) is 0 Å². The molecule has 0 atom stereocenters. The molecule has 1 nitrogen and oxygen atoms in total. The molecule has 0 saturated heterocycles. The van der Waals surface area contributed by atoms with Gasteiger partial charge >= 0.3 is 0 Å². The highest BCUT2D eigenvalue weighted by Gasteiger charge is 2.19. The molecule has 0 aliphatic carbocycles. The summed E-state index contributed by atoms with van der Waals surface area (Å²) in [5.41, 5.74) is -6.86. The number of rotatable bonds is 5. The van der Waals surface area contributed by atoms with Gasteiger partial charge in [-0.3, -0.25) is 0 Å². The molecule has 9 aromatic carbocycles. The molecular weight excluding hydrogens is 605 g/mol. The summed E-state index contributed by atoms with van der Waals surface area (Å²) in [6.45, 7) is 0. The van der Waals surface area contributed by atoms with Gasteiger partial charge in [-0.15, -0.1) is 0 Å². The van der Waals surface area contributed by atoms with Crippen molar-refractivity contribution in [3.05, 3.63) is 192 Å². The van der Waals surface area contributed by atoms with Crippen LogP contribution < -0.4 is 0 Å². The lowest BCUT2D eigenvalue weighted by Gasteiger charge is -2.19. The van der Waals surface area contributed by atoms with Crippen LogP contribution in [0, 0.1) is 0 Å². The van der Waals surface area contributed by atoms with E-state index >= 15 is 0 Å². The molecule has 0 saturated carbocycles. The fraction of sp³-hybridized carbons (Fsp3) is 0.0204. The number of benzene rings is 9. The van der Waals surface area contributed by atoms with Gasteiger partial charge in [0.2, 0.25) is 0 Å². The van der Waals surface area contributed by atoms with E-state index in [0.717, 1.165) is 0 Å². The van der Waals surface area contributed by atoms with Gasteiger partial charge in [0.25, 0.3) is 0 Å². The van der Waals surface area contributed by atoms with E-state index in [9.17, 15) is 13.7 Å². The molecule has 0 radical (unpaired) electrons. The summed E-state index contributed by atoms with van der Waals surface area (Å²) in [7, 11) is 0. The molecule has 0 unspecified atom stereocenters. The standard InChI is InChI=1S/C49H32O/c1-2-13-33(14-3-1)37-17-6-7-19-39(37)48-42-22-10-8-20-40(42)46(41-21-9-11-23-43(41)48)35-27-25-32(26-28-35)31-36-16-12-24-45-47(36)44-30-29-34-15-4-5-18-38(34)49(44)50-45/h1-30H,31H2/i1D,2D,3D,4D,5D,6D,7D,8D,9D,10D,11D,12D,13D,14D,15D,16D,17D,18D,19D,20D,21D,22D,23D,24D,25D,26D,27D,28D,29D,30D. The van der Waals surface area contributed by atoms with Gasteiger partial charge in [0.1, 0.15) is 11.2 Å². The van der Waals surface area contributed by atoms with Crippen LogP contribution in [0.2, 0.25) is 0 Å². The quantitative estimate of drug-likeness (QED) is 0.167. The van der Waals surface area contributed by atoms with Crippen molar-refractivity contribution in [2.45, 2.75) is 6.42 Å². The summed E-state index contributed by atoms with van der Waals surface area (Å²) in [5.74, 6) is 0. The highest BCUT2D eigenvalue weighted by molar-refractivity contribution is 6.22. The van der Waals surface area contributed by atoms with Gasteiger partial charge in [0.15, 0.2) is 0 Å². The van der Waals surface area contributed by atoms with E-state index in [1.807, 2.05) is 0 Å². The predicted octanol–water partition coefficient (Wildman–Crippen LogP) is 13.6. The Labute approximate surface area is 332 Å². The highest BCUT2D eigenvalue weighted by atomic mass is 16.3. The maximum absolute atomic E-state index is 9.65. The fourth-order valence-corrected chi connectivity index (χ4v) is 6.08. The monoisotopic (exact) mass is 666 g/mol. The van der Waals surface area contributed by atoms with Gasteiger partial charge in [-0.25, -0.2) is 0 Å². The summed E-state index contributed by atoms with van der Waals surface area (Å²) in [4.78, 5) is 0. The maximum Gasteiger partial charge on any atom is 0.143 e. The first-order valence-corrected chi connectivity index (χ1v) is 14.9. The summed E-state index contributed by atoms with van der Waals surface area (Å²) in [6.07, 6.45) is -0.855. The lowest BCUT2D eigenvalue weighted by atomic mass is 9.83. The van der Waals surface area contributed by atoms with Gasteiger partial charge in [0, 0.05) is 16.2 Å². The molecule has 1 aromatic heterocycles. The second-order valence-electron chi connectivity index (χ2n) is 10.9. The van der Waals surface area contributed by atoms with Crippen molar-refractivity contribution in [2.24, 2.45) is 0 Å². The zero-order valence-electron chi connectivity index (χ0n) is 55.1. The van der Waals surface area contributed by atoms with Crippen molar-refractivity contribution in [3.63, 3.8) is 0 Å². The van der Waals surface area contributed by atoms with E-state index in [1.165, 1.54) is 0 Å². The third kappa shape index (κ3) is 4.55. The van der Waals surface area contributed by atoms with E-state index < -0.39 is 265 Å². The van der Waals surface area contributed by atoms with E-state index in [2.05, 4.69) is 0 Å². The fourth-order valence-electron chi connectivity index (χ4n) is 6.08. The second-order valence-corrected chi connectivity index (χ2v) is 10.9. The average molecular weight is 667 g/mol. The number of hydrogen-bond acceptors (Lipinski definition) is 1. The number of hydrogen-bond donors (Lipinski definition) is 0. The second kappa shape index (κ2) is 11.6. The van der Waals surface area contributed by atoms with Gasteiger partial charge in [-0.05, 0) is 89.9 Å². The Bertz CT molecular complexity index is 4480. The minimum absolute atomic E-state index is 0.318. The molecule has 1 heterocycles. The predicted molar refractivity (Wildman–Crippen MR) is 212 cm³/mol. The Kier molecular flexibility index (Phi) is 2.69.